The molecule has 1 aliphatic carbocycles. The minimum Gasteiger partial charge on any atom is -0.810 e. The van der Waals surface area contributed by atoms with Gasteiger partial charge in [0.2, 0.25) is 0 Å². The number of fused-ring (bicyclic) bond motifs is 3. The molecule has 0 spiro atoms. The summed E-state index contributed by atoms with van der Waals surface area (Å²) in [5, 5.41) is 6.00. The van der Waals surface area contributed by atoms with E-state index in [0.717, 1.165) is 34.8 Å². The topological polar surface area (TPSA) is 167 Å². The summed E-state index contributed by atoms with van der Waals surface area (Å²) in [6, 6.07) is 10.6. The second-order valence-electron chi connectivity index (χ2n) is 8.45. The summed E-state index contributed by atoms with van der Waals surface area (Å²) in [5.41, 5.74) is 7.62. The minimum absolute atomic E-state index is 0. The largest absolute Gasteiger partial charge is 1.00 e. The molecule has 38 heavy (non-hydrogen) atoms. The van der Waals surface area contributed by atoms with Gasteiger partial charge >= 0.3 is 59.1 Å². The van der Waals surface area contributed by atoms with Gasteiger partial charge in [-0.25, -0.2) is 15.9 Å². The molecular formula is C23H23N6Na2O5PS. The number of amidine groups is 1. The molecule has 0 atom stereocenters. The third kappa shape index (κ3) is 6.37. The van der Waals surface area contributed by atoms with Crippen molar-refractivity contribution in [3.63, 3.8) is 0 Å². The Morgan fingerprint density at radius 2 is 2.03 bits per heavy atom. The maximum absolute atomic E-state index is 14.0. The Bertz CT molecular complexity index is 1560. The third-order valence-electron chi connectivity index (χ3n) is 5.88. The van der Waals surface area contributed by atoms with E-state index in [1.165, 1.54) is 23.0 Å². The van der Waals surface area contributed by atoms with Crippen LogP contribution in [0.15, 0.2) is 46.3 Å². The number of thiophene rings is 1. The number of hydrazine groups is 1. The van der Waals surface area contributed by atoms with Crippen LogP contribution in [0, 0.1) is 0 Å². The number of nitrogens with two attached hydrogens (primary N) is 2. The van der Waals surface area contributed by atoms with Crippen molar-refractivity contribution in [2.45, 2.75) is 25.3 Å². The quantitative estimate of drug-likeness (QED) is 0.0529. The van der Waals surface area contributed by atoms with E-state index in [2.05, 4.69) is 5.10 Å². The molecule has 11 nitrogen and oxygen atoms in total. The predicted molar refractivity (Wildman–Crippen MR) is 136 cm³/mol. The Morgan fingerprint density at radius 1 is 1.29 bits per heavy atom. The van der Waals surface area contributed by atoms with E-state index < -0.39 is 8.60 Å². The summed E-state index contributed by atoms with van der Waals surface area (Å²) in [7, 11) is 0.0161. The van der Waals surface area contributed by atoms with Crippen LogP contribution in [0.25, 0.3) is 31.7 Å². The molecule has 2 aromatic carbocycles. The SMILES string of the molecule is COc1ccc(-c2nc3sc4c(OP([O-])[O-])cccc4c3c(=O)n2C/C(N)=N/N(C)N)c(C2CC2)c1.[Na+].[Na+]. The van der Waals surface area contributed by atoms with Crippen molar-refractivity contribution in [3.8, 4) is 22.9 Å². The summed E-state index contributed by atoms with van der Waals surface area (Å²) >= 11 is 1.20. The number of hydrazone groups is 1. The van der Waals surface area contributed by atoms with E-state index in [-0.39, 0.29) is 82.8 Å². The molecule has 0 amide bonds. The third-order valence-corrected chi connectivity index (χ3v) is 7.34. The van der Waals surface area contributed by atoms with E-state index in [1.54, 1.807) is 25.3 Å². The summed E-state index contributed by atoms with van der Waals surface area (Å²) in [6.45, 7) is -0.0469. The van der Waals surface area contributed by atoms with Gasteiger partial charge < -0.3 is 24.8 Å². The average molecular weight is 572 g/mol. The monoisotopic (exact) mass is 572 g/mol. The molecule has 0 aliphatic heterocycles. The van der Waals surface area contributed by atoms with Crippen molar-refractivity contribution in [1.29, 1.82) is 0 Å². The number of hydrogen-bond donors (Lipinski definition) is 2. The first-order valence-electron chi connectivity index (χ1n) is 11.0. The van der Waals surface area contributed by atoms with Gasteiger partial charge in [0, 0.05) is 18.0 Å². The number of rotatable bonds is 8. The molecule has 2 heterocycles. The van der Waals surface area contributed by atoms with Crippen LogP contribution in [0.3, 0.4) is 0 Å². The van der Waals surface area contributed by atoms with Crippen molar-refractivity contribution in [2.75, 3.05) is 14.2 Å². The standard InChI is InChI=1S/C23H23N6O5PS.2Na/c1-28(25)27-18(24)11-29-21(14-9-8-13(33-2)10-16(14)12-6-7-12)26-22-19(23(29)30)15-4-3-5-17(20(15)36-22)34-35(31)32;;/h3-5,8-10,12H,6-7,11,25H2,1-2H3,(H2,24,27);;/q-2;2*+1. The Labute approximate surface area is 268 Å². The molecule has 188 valence electrons. The molecule has 0 saturated heterocycles. The Hall–Kier alpha value is -1.28. The zero-order chi connectivity index (χ0) is 25.6. The second kappa shape index (κ2) is 12.9. The smallest absolute Gasteiger partial charge is 0.810 e. The maximum atomic E-state index is 14.0. The van der Waals surface area contributed by atoms with Crippen LogP contribution < -0.4 is 95.3 Å². The number of methoxy groups -OCH3 is 1. The molecule has 4 N–H and O–H groups in total. The Balaban J connectivity index is 0.00000200. The summed E-state index contributed by atoms with van der Waals surface area (Å²) in [5.74, 6) is 7.39. The molecular weight excluding hydrogens is 549 g/mol. The van der Waals surface area contributed by atoms with Gasteiger partial charge in [0.25, 0.3) is 5.56 Å². The normalized spacial score (nSPS) is 13.4. The van der Waals surface area contributed by atoms with Gasteiger partial charge in [-0.15, -0.1) is 16.4 Å². The summed E-state index contributed by atoms with van der Waals surface area (Å²) in [6.07, 6.45) is 2.07. The fourth-order valence-electron chi connectivity index (χ4n) is 4.26. The number of aromatic nitrogens is 2. The van der Waals surface area contributed by atoms with Gasteiger partial charge in [0.05, 0.1) is 23.7 Å². The van der Waals surface area contributed by atoms with E-state index in [0.29, 0.717) is 32.0 Å². The van der Waals surface area contributed by atoms with Gasteiger partial charge in [-0.2, -0.15) is 0 Å². The molecule has 1 saturated carbocycles. The van der Waals surface area contributed by atoms with Crippen molar-refractivity contribution in [2.24, 2.45) is 16.7 Å². The summed E-state index contributed by atoms with van der Waals surface area (Å²) < 4.78 is 12.4. The molecule has 4 aromatic rings. The number of benzene rings is 2. The van der Waals surface area contributed by atoms with Crippen LogP contribution >= 0.6 is 19.9 Å². The molecule has 5 rings (SSSR count). The van der Waals surface area contributed by atoms with Gasteiger partial charge in [-0.3, -0.25) is 9.36 Å². The number of hydrogen-bond acceptors (Lipinski definition) is 10. The van der Waals surface area contributed by atoms with Gasteiger partial charge in [-0.05, 0) is 48.6 Å². The molecule has 2 aromatic heterocycles. The van der Waals surface area contributed by atoms with Crippen molar-refractivity contribution in [3.05, 3.63) is 52.3 Å². The van der Waals surface area contributed by atoms with Crippen LogP contribution in [0.4, 0.5) is 0 Å². The Morgan fingerprint density at radius 3 is 2.66 bits per heavy atom. The van der Waals surface area contributed by atoms with Crippen molar-refractivity contribution < 1.29 is 78.2 Å². The van der Waals surface area contributed by atoms with Crippen molar-refractivity contribution in [1.82, 2.24) is 14.7 Å². The molecule has 0 bridgehead atoms. The van der Waals surface area contributed by atoms with Crippen LogP contribution in [-0.4, -0.2) is 34.7 Å². The first-order chi connectivity index (χ1) is 17.3. The first kappa shape index (κ1) is 31.3. The zero-order valence-corrected chi connectivity index (χ0v) is 27.2. The molecule has 1 aliphatic rings. The van der Waals surface area contributed by atoms with Crippen LogP contribution in [-0.2, 0) is 6.54 Å². The summed E-state index contributed by atoms with van der Waals surface area (Å²) in [4.78, 5) is 41.8. The molecule has 15 heteroatoms. The maximum Gasteiger partial charge on any atom is 1.00 e. The van der Waals surface area contributed by atoms with E-state index in [9.17, 15) is 14.6 Å². The van der Waals surface area contributed by atoms with Gasteiger partial charge in [0.15, 0.2) is 0 Å². The van der Waals surface area contributed by atoms with Crippen molar-refractivity contribution >= 4 is 46.1 Å². The second-order valence-corrected chi connectivity index (χ2v) is 10.1. The molecule has 0 unspecified atom stereocenters. The first-order valence-corrected chi connectivity index (χ1v) is 13.0. The van der Waals surface area contributed by atoms with Gasteiger partial charge in [-0.1, -0.05) is 20.7 Å². The number of nitrogens with zero attached hydrogens (tertiary/aromatic N) is 4. The number of ether oxygens (including phenoxy) is 1. The minimum atomic E-state index is -3.12. The molecule has 1 fully saturated rings. The fraction of sp³-hybridized carbons (Fsp3) is 0.261. The van der Waals surface area contributed by atoms with Crippen LogP contribution in [0.5, 0.6) is 11.5 Å². The zero-order valence-electron chi connectivity index (χ0n) is 21.5. The van der Waals surface area contributed by atoms with E-state index in [4.69, 9.17) is 25.8 Å². The predicted octanol–water partition coefficient (Wildman–Crippen LogP) is -4.42. The Kier molecular flexibility index (Phi) is 10.6. The average Bonchev–Trinajstić information content (AvgIpc) is 3.60. The van der Waals surface area contributed by atoms with Crippen LogP contribution in [0.2, 0.25) is 0 Å². The van der Waals surface area contributed by atoms with E-state index >= 15 is 0 Å². The molecule has 0 radical (unpaired) electrons. The van der Waals surface area contributed by atoms with Gasteiger partial charge in [0.1, 0.15) is 28.0 Å². The van der Waals surface area contributed by atoms with Crippen LogP contribution in [0.1, 0.15) is 24.3 Å². The van der Waals surface area contributed by atoms with E-state index in [1.807, 2.05) is 18.2 Å². The fourth-order valence-corrected chi connectivity index (χ4v) is 5.75.